The molecule has 0 aliphatic carbocycles. The molecular formula is C19H23N5O. The van der Waals surface area contributed by atoms with Crippen LogP contribution in [0.15, 0.2) is 36.8 Å². The summed E-state index contributed by atoms with van der Waals surface area (Å²) in [6.07, 6.45) is 5.88. The average molecular weight is 337 g/mol. The van der Waals surface area contributed by atoms with Crippen LogP contribution in [-0.4, -0.2) is 45.3 Å². The van der Waals surface area contributed by atoms with Gasteiger partial charge in [-0.05, 0) is 37.2 Å². The highest BCUT2D eigenvalue weighted by Crippen LogP contribution is 2.37. The minimum absolute atomic E-state index is 0.130. The molecule has 6 heteroatoms. The number of nitrogens with one attached hydrogen (secondary N) is 2. The summed E-state index contributed by atoms with van der Waals surface area (Å²) in [4.78, 5) is 10.4. The second kappa shape index (κ2) is 6.72. The molecule has 1 aliphatic rings. The number of nitrogens with zero attached hydrogens (tertiary/aromatic N) is 3. The molecule has 0 unspecified atom stereocenters. The van der Waals surface area contributed by atoms with Crippen LogP contribution >= 0.6 is 0 Å². The van der Waals surface area contributed by atoms with E-state index in [1.165, 1.54) is 11.3 Å². The van der Waals surface area contributed by atoms with E-state index in [0.717, 1.165) is 48.6 Å². The summed E-state index contributed by atoms with van der Waals surface area (Å²) >= 11 is 0. The van der Waals surface area contributed by atoms with E-state index in [4.69, 9.17) is 4.74 Å². The molecule has 1 atom stereocenters. The molecule has 3 aromatic rings. The quantitative estimate of drug-likeness (QED) is 0.750. The summed E-state index contributed by atoms with van der Waals surface area (Å²) in [5, 5.41) is 7.53. The first-order chi connectivity index (χ1) is 12.3. The molecule has 6 nitrogen and oxygen atoms in total. The molecule has 0 fully saturated rings. The van der Waals surface area contributed by atoms with Gasteiger partial charge in [0.25, 0.3) is 0 Å². The van der Waals surface area contributed by atoms with Crippen LogP contribution in [0.25, 0.3) is 11.3 Å². The Kier molecular flexibility index (Phi) is 4.28. The van der Waals surface area contributed by atoms with Crippen molar-refractivity contribution in [2.75, 3.05) is 20.2 Å². The fraction of sp³-hybridized carbons (Fsp3) is 0.368. The van der Waals surface area contributed by atoms with Crippen molar-refractivity contribution in [1.82, 2.24) is 25.1 Å². The van der Waals surface area contributed by atoms with Gasteiger partial charge in [0.2, 0.25) is 0 Å². The van der Waals surface area contributed by atoms with Gasteiger partial charge in [0, 0.05) is 29.8 Å². The van der Waals surface area contributed by atoms with Crippen LogP contribution in [-0.2, 0) is 6.42 Å². The monoisotopic (exact) mass is 337 g/mol. The first kappa shape index (κ1) is 15.9. The number of rotatable bonds is 5. The Bertz CT molecular complexity index is 836. The maximum Gasteiger partial charge on any atom is 0.118 e. The lowest BCUT2D eigenvalue weighted by molar-refractivity contribution is 0.210. The summed E-state index contributed by atoms with van der Waals surface area (Å²) in [7, 11) is 1.68. The molecule has 0 spiro atoms. The van der Waals surface area contributed by atoms with Crippen LogP contribution in [0.5, 0.6) is 5.75 Å². The normalized spacial score (nSPS) is 17.4. The second-order valence-electron chi connectivity index (χ2n) is 6.38. The second-order valence-corrected chi connectivity index (χ2v) is 6.38. The zero-order chi connectivity index (χ0) is 17.2. The smallest absolute Gasteiger partial charge is 0.118 e. The van der Waals surface area contributed by atoms with Gasteiger partial charge in [-0.1, -0.05) is 6.92 Å². The van der Waals surface area contributed by atoms with E-state index in [1.807, 2.05) is 18.3 Å². The van der Waals surface area contributed by atoms with Gasteiger partial charge in [0.15, 0.2) is 0 Å². The third-order valence-corrected chi connectivity index (χ3v) is 4.88. The molecule has 1 aromatic carbocycles. The Morgan fingerprint density at radius 1 is 1.28 bits per heavy atom. The van der Waals surface area contributed by atoms with Crippen molar-refractivity contribution in [3.63, 3.8) is 0 Å². The van der Waals surface area contributed by atoms with Gasteiger partial charge >= 0.3 is 0 Å². The predicted molar refractivity (Wildman–Crippen MR) is 96.6 cm³/mol. The van der Waals surface area contributed by atoms with Crippen LogP contribution in [0.3, 0.4) is 0 Å². The number of ether oxygens (including phenoxy) is 1. The fourth-order valence-electron chi connectivity index (χ4n) is 3.69. The van der Waals surface area contributed by atoms with E-state index >= 15 is 0 Å². The topological polar surface area (TPSA) is 69.8 Å². The van der Waals surface area contributed by atoms with Gasteiger partial charge < -0.3 is 9.72 Å². The summed E-state index contributed by atoms with van der Waals surface area (Å²) < 4.78 is 5.27. The molecule has 2 aromatic heterocycles. The van der Waals surface area contributed by atoms with Crippen LogP contribution < -0.4 is 4.74 Å². The maximum absolute atomic E-state index is 5.27. The number of aromatic amines is 2. The van der Waals surface area contributed by atoms with E-state index in [1.54, 1.807) is 13.4 Å². The highest BCUT2D eigenvalue weighted by atomic mass is 16.5. The Morgan fingerprint density at radius 2 is 2.12 bits per heavy atom. The van der Waals surface area contributed by atoms with Gasteiger partial charge in [0.1, 0.15) is 5.75 Å². The van der Waals surface area contributed by atoms with Crippen LogP contribution in [0.1, 0.15) is 36.3 Å². The minimum Gasteiger partial charge on any atom is -0.497 e. The summed E-state index contributed by atoms with van der Waals surface area (Å²) in [6, 6.07) is 8.21. The molecular weight excluding hydrogens is 314 g/mol. The molecule has 0 bridgehead atoms. The molecule has 0 saturated heterocycles. The lowest BCUT2D eigenvalue weighted by atomic mass is 9.93. The molecule has 25 heavy (non-hydrogen) atoms. The number of aromatic nitrogens is 4. The van der Waals surface area contributed by atoms with Gasteiger partial charge in [-0.25, -0.2) is 4.98 Å². The number of hydrogen-bond donors (Lipinski definition) is 2. The number of H-pyrrole nitrogens is 2. The third-order valence-electron chi connectivity index (χ3n) is 4.88. The van der Waals surface area contributed by atoms with Crippen molar-refractivity contribution in [3.8, 4) is 17.0 Å². The van der Waals surface area contributed by atoms with Crippen LogP contribution in [0, 0.1) is 0 Å². The zero-order valence-electron chi connectivity index (χ0n) is 14.6. The van der Waals surface area contributed by atoms with E-state index in [9.17, 15) is 0 Å². The van der Waals surface area contributed by atoms with Crippen LogP contribution in [0.4, 0.5) is 0 Å². The van der Waals surface area contributed by atoms with Crippen molar-refractivity contribution in [2.45, 2.75) is 25.8 Å². The SMILES string of the molecule is CCCN1CCc2[nH]cnc2[C@@H]1c1cn[nH]c1-c1ccc(OC)cc1. The summed E-state index contributed by atoms with van der Waals surface area (Å²) in [5.74, 6) is 0.852. The Labute approximate surface area is 147 Å². The number of fused-ring (bicyclic) bond motifs is 1. The first-order valence-electron chi connectivity index (χ1n) is 8.75. The molecule has 0 amide bonds. The number of hydrogen-bond acceptors (Lipinski definition) is 4. The lowest BCUT2D eigenvalue weighted by Crippen LogP contribution is -2.36. The van der Waals surface area contributed by atoms with E-state index < -0.39 is 0 Å². The molecule has 1 aliphatic heterocycles. The van der Waals surface area contributed by atoms with Gasteiger partial charge in [0.05, 0.1) is 37.1 Å². The van der Waals surface area contributed by atoms with Gasteiger partial charge in [-0.15, -0.1) is 0 Å². The number of methoxy groups -OCH3 is 1. The molecule has 2 N–H and O–H groups in total. The van der Waals surface area contributed by atoms with E-state index in [0.29, 0.717) is 0 Å². The standard InChI is InChI=1S/C19H23N5O/c1-3-9-24-10-8-16-18(21-12-20-16)19(24)15-11-22-23-17(15)13-4-6-14(25-2)7-5-13/h4-7,11-12,19H,3,8-10H2,1-2H3,(H,20,21)(H,22,23)/t19-/m0/s1. The Balaban J connectivity index is 1.77. The van der Waals surface area contributed by atoms with Crippen molar-refractivity contribution in [2.24, 2.45) is 0 Å². The van der Waals surface area contributed by atoms with Gasteiger partial charge in [-0.2, -0.15) is 5.10 Å². The van der Waals surface area contributed by atoms with Crippen LogP contribution in [0.2, 0.25) is 0 Å². The van der Waals surface area contributed by atoms with Gasteiger partial charge in [-0.3, -0.25) is 10.00 Å². The summed E-state index contributed by atoms with van der Waals surface area (Å²) in [5.41, 5.74) is 5.68. The highest BCUT2D eigenvalue weighted by Gasteiger charge is 2.33. The molecule has 3 heterocycles. The number of imidazole rings is 1. The predicted octanol–water partition coefficient (Wildman–Crippen LogP) is 3.17. The van der Waals surface area contributed by atoms with Crippen molar-refractivity contribution >= 4 is 0 Å². The van der Waals surface area contributed by atoms with Crippen molar-refractivity contribution < 1.29 is 4.74 Å². The third kappa shape index (κ3) is 2.82. The summed E-state index contributed by atoms with van der Waals surface area (Å²) in [6.45, 7) is 4.29. The minimum atomic E-state index is 0.130. The number of benzene rings is 1. The largest absolute Gasteiger partial charge is 0.497 e. The maximum atomic E-state index is 5.27. The Morgan fingerprint density at radius 3 is 2.88 bits per heavy atom. The van der Waals surface area contributed by atoms with Crippen molar-refractivity contribution in [1.29, 1.82) is 0 Å². The molecule has 4 rings (SSSR count). The van der Waals surface area contributed by atoms with Crippen molar-refractivity contribution in [3.05, 3.63) is 53.7 Å². The first-order valence-corrected chi connectivity index (χ1v) is 8.75. The lowest BCUT2D eigenvalue weighted by Gasteiger charge is -2.34. The fourth-order valence-corrected chi connectivity index (χ4v) is 3.69. The molecule has 130 valence electrons. The zero-order valence-corrected chi connectivity index (χ0v) is 14.6. The van der Waals surface area contributed by atoms with E-state index in [-0.39, 0.29) is 6.04 Å². The highest BCUT2D eigenvalue weighted by molar-refractivity contribution is 5.65. The molecule has 0 saturated carbocycles. The average Bonchev–Trinajstić information content (AvgIpc) is 3.31. The van der Waals surface area contributed by atoms with E-state index in [2.05, 4.69) is 44.1 Å². The molecule has 0 radical (unpaired) electrons. The Hall–Kier alpha value is -2.60.